The predicted octanol–water partition coefficient (Wildman–Crippen LogP) is 1.89. The number of benzene rings is 1. The van der Waals surface area contributed by atoms with Gasteiger partial charge in [0.25, 0.3) is 0 Å². The van der Waals surface area contributed by atoms with Crippen molar-refractivity contribution in [3.8, 4) is 5.75 Å². The van der Waals surface area contributed by atoms with E-state index in [1.807, 2.05) is 0 Å². The molecule has 0 radical (unpaired) electrons. The maximum Gasteiger partial charge on any atom is 0.126 e. The van der Waals surface area contributed by atoms with Crippen LogP contribution >= 0.6 is 15.9 Å². The fourth-order valence-corrected chi connectivity index (χ4v) is 2.43. The first-order valence-corrected chi connectivity index (χ1v) is 6.30. The van der Waals surface area contributed by atoms with Crippen LogP contribution in [0.3, 0.4) is 0 Å². The molecule has 1 aromatic rings. The molecule has 96 valence electrons. The van der Waals surface area contributed by atoms with Crippen LogP contribution in [0.1, 0.15) is 22.3 Å². The smallest absolute Gasteiger partial charge is 0.126 e. The highest BCUT2D eigenvalue weighted by Gasteiger charge is 2.15. The van der Waals surface area contributed by atoms with Crippen LogP contribution in [-0.4, -0.2) is 13.8 Å². The van der Waals surface area contributed by atoms with Gasteiger partial charge in [0.05, 0.1) is 13.8 Å². The molecule has 0 amide bonds. The number of halogens is 1. The molecule has 1 rings (SSSR count). The first-order valence-electron chi connectivity index (χ1n) is 5.50. The summed E-state index contributed by atoms with van der Waals surface area (Å²) in [5, 5.41) is 3.20. The summed E-state index contributed by atoms with van der Waals surface area (Å²) in [6, 6.07) is 0. The maximum atomic E-state index is 5.51. The fourth-order valence-electron chi connectivity index (χ4n) is 1.89. The van der Waals surface area contributed by atoms with E-state index in [1.54, 1.807) is 7.11 Å². The second-order valence-electron chi connectivity index (χ2n) is 4.01. The largest absolute Gasteiger partial charge is 0.496 e. The monoisotopic (exact) mass is 301 g/mol. The zero-order valence-electron chi connectivity index (χ0n) is 10.8. The van der Waals surface area contributed by atoms with Gasteiger partial charge in [-0.25, -0.2) is 5.43 Å². The van der Waals surface area contributed by atoms with Gasteiger partial charge in [0, 0.05) is 16.6 Å². The SMILES string of the molecule is COc1c(C)c(C)c(Br)c(C)c1CNCNN. The molecule has 0 unspecified atom stereocenters. The van der Waals surface area contributed by atoms with E-state index in [0.29, 0.717) is 6.67 Å². The lowest BCUT2D eigenvalue weighted by molar-refractivity contribution is 0.403. The average Bonchev–Trinajstić information content (AvgIpc) is 2.33. The molecule has 0 saturated carbocycles. The maximum absolute atomic E-state index is 5.51. The van der Waals surface area contributed by atoms with E-state index in [-0.39, 0.29) is 0 Å². The van der Waals surface area contributed by atoms with E-state index in [2.05, 4.69) is 47.4 Å². The molecule has 0 atom stereocenters. The molecule has 0 fully saturated rings. The normalized spacial score (nSPS) is 10.7. The molecule has 5 heteroatoms. The molecule has 4 N–H and O–H groups in total. The zero-order chi connectivity index (χ0) is 13.0. The Hall–Kier alpha value is -0.620. The van der Waals surface area contributed by atoms with E-state index in [4.69, 9.17) is 10.6 Å². The second kappa shape index (κ2) is 6.35. The van der Waals surface area contributed by atoms with E-state index in [0.717, 1.165) is 22.3 Å². The lowest BCUT2D eigenvalue weighted by atomic mass is 9.99. The van der Waals surface area contributed by atoms with Crippen LogP contribution in [-0.2, 0) is 6.54 Å². The molecule has 0 aliphatic carbocycles. The molecule has 0 saturated heterocycles. The van der Waals surface area contributed by atoms with Crippen LogP contribution in [0, 0.1) is 20.8 Å². The zero-order valence-corrected chi connectivity index (χ0v) is 12.4. The molecular weight excluding hydrogens is 282 g/mol. The van der Waals surface area contributed by atoms with E-state index in [9.17, 15) is 0 Å². The van der Waals surface area contributed by atoms with Crippen molar-refractivity contribution in [2.45, 2.75) is 27.3 Å². The standard InChI is InChI=1S/C12H20BrN3O/c1-7-8(2)12(17-4)10(5-15-6-16-14)9(3)11(7)13/h15-16H,5-6,14H2,1-4H3. The molecular formula is C12H20BrN3O. The molecule has 17 heavy (non-hydrogen) atoms. The van der Waals surface area contributed by atoms with Gasteiger partial charge >= 0.3 is 0 Å². The summed E-state index contributed by atoms with van der Waals surface area (Å²) in [6.07, 6.45) is 0. The van der Waals surface area contributed by atoms with Crippen LogP contribution in [0.15, 0.2) is 4.47 Å². The Kier molecular flexibility index (Phi) is 5.39. The molecule has 0 heterocycles. The molecule has 0 bridgehead atoms. The molecule has 0 spiro atoms. The summed E-state index contributed by atoms with van der Waals surface area (Å²) in [5.74, 6) is 6.18. The summed E-state index contributed by atoms with van der Waals surface area (Å²) in [7, 11) is 1.71. The Morgan fingerprint density at radius 1 is 1.18 bits per heavy atom. The number of hydrogen-bond acceptors (Lipinski definition) is 4. The van der Waals surface area contributed by atoms with E-state index >= 15 is 0 Å². The molecule has 4 nitrogen and oxygen atoms in total. The third-order valence-corrected chi connectivity index (χ3v) is 4.21. The predicted molar refractivity (Wildman–Crippen MR) is 73.9 cm³/mol. The van der Waals surface area contributed by atoms with Crippen molar-refractivity contribution in [2.75, 3.05) is 13.8 Å². The highest BCUT2D eigenvalue weighted by Crippen LogP contribution is 2.35. The summed E-state index contributed by atoms with van der Waals surface area (Å²) in [4.78, 5) is 0. The van der Waals surface area contributed by atoms with E-state index < -0.39 is 0 Å². The van der Waals surface area contributed by atoms with Crippen molar-refractivity contribution >= 4 is 15.9 Å². The summed E-state index contributed by atoms with van der Waals surface area (Å²) in [5.41, 5.74) is 7.33. The summed E-state index contributed by atoms with van der Waals surface area (Å²) in [6.45, 7) is 7.54. The van der Waals surface area contributed by atoms with Crippen molar-refractivity contribution in [3.63, 3.8) is 0 Å². The Morgan fingerprint density at radius 2 is 1.82 bits per heavy atom. The lowest BCUT2D eigenvalue weighted by Crippen LogP contribution is -2.33. The third kappa shape index (κ3) is 2.98. The number of hydrogen-bond donors (Lipinski definition) is 3. The highest BCUT2D eigenvalue weighted by molar-refractivity contribution is 9.10. The van der Waals surface area contributed by atoms with Gasteiger partial charge in [-0.2, -0.15) is 0 Å². The van der Waals surface area contributed by atoms with Crippen LogP contribution in [0.5, 0.6) is 5.75 Å². The lowest BCUT2D eigenvalue weighted by Gasteiger charge is -2.19. The number of ether oxygens (including phenoxy) is 1. The molecule has 0 aliphatic heterocycles. The van der Waals surface area contributed by atoms with Crippen molar-refractivity contribution in [1.29, 1.82) is 0 Å². The summed E-state index contributed by atoms with van der Waals surface area (Å²) < 4.78 is 6.66. The van der Waals surface area contributed by atoms with Gasteiger partial charge in [0.15, 0.2) is 0 Å². The van der Waals surface area contributed by atoms with Gasteiger partial charge in [0.2, 0.25) is 0 Å². The quantitative estimate of drug-likeness (QED) is 0.336. The number of nitrogens with two attached hydrogens (primary N) is 1. The van der Waals surface area contributed by atoms with E-state index in [1.165, 1.54) is 16.7 Å². The minimum Gasteiger partial charge on any atom is -0.496 e. The third-order valence-electron chi connectivity index (χ3n) is 3.02. The van der Waals surface area contributed by atoms with Gasteiger partial charge in [-0.15, -0.1) is 0 Å². The van der Waals surface area contributed by atoms with Crippen molar-refractivity contribution in [1.82, 2.24) is 10.7 Å². The summed E-state index contributed by atoms with van der Waals surface area (Å²) >= 11 is 3.63. The number of nitrogens with one attached hydrogen (secondary N) is 2. The van der Waals surface area contributed by atoms with Crippen molar-refractivity contribution < 1.29 is 4.74 Å². The minimum absolute atomic E-state index is 0.563. The van der Waals surface area contributed by atoms with Gasteiger partial charge in [-0.1, -0.05) is 15.9 Å². The molecule has 0 aromatic heterocycles. The Morgan fingerprint density at radius 3 is 2.35 bits per heavy atom. The Balaban J connectivity index is 3.17. The van der Waals surface area contributed by atoms with Crippen LogP contribution in [0.2, 0.25) is 0 Å². The first-order chi connectivity index (χ1) is 8.04. The number of rotatable bonds is 5. The van der Waals surface area contributed by atoms with Crippen LogP contribution in [0.25, 0.3) is 0 Å². The highest BCUT2D eigenvalue weighted by atomic mass is 79.9. The van der Waals surface area contributed by atoms with Crippen molar-refractivity contribution in [2.24, 2.45) is 5.84 Å². The second-order valence-corrected chi connectivity index (χ2v) is 4.80. The average molecular weight is 302 g/mol. The van der Waals surface area contributed by atoms with Gasteiger partial charge in [-0.3, -0.25) is 11.2 Å². The minimum atomic E-state index is 0.563. The Labute approximate surface area is 111 Å². The van der Waals surface area contributed by atoms with Gasteiger partial charge in [0.1, 0.15) is 5.75 Å². The van der Waals surface area contributed by atoms with Gasteiger partial charge < -0.3 is 4.74 Å². The fraction of sp³-hybridized carbons (Fsp3) is 0.500. The molecule has 1 aromatic carbocycles. The first kappa shape index (κ1) is 14.4. The Bertz CT molecular complexity index is 407. The van der Waals surface area contributed by atoms with Crippen molar-refractivity contribution in [3.05, 3.63) is 26.7 Å². The number of hydrazine groups is 1. The number of methoxy groups -OCH3 is 1. The topological polar surface area (TPSA) is 59.3 Å². The van der Waals surface area contributed by atoms with Gasteiger partial charge in [-0.05, 0) is 37.5 Å². The molecule has 0 aliphatic rings. The van der Waals surface area contributed by atoms with Crippen LogP contribution in [0.4, 0.5) is 0 Å². The van der Waals surface area contributed by atoms with Crippen LogP contribution < -0.4 is 21.3 Å².